The molecule has 3 nitrogen and oxygen atoms in total. The first kappa shape index (κ1) is 12.1. The van der Waals surface area contributed by atoms with E-state index in [1.54, 1.807) is 0 Å². The smallest absolute Gasteiger partial charge is 0.203 e. The zero-order valence-corrected chi connectivity index (χ0v) is 8.37. The van der Waals surface area contributed by atoms with Gasteiger partial charge in [0.1, 0.15) is 0 Å². The fourth-order valence-corrected chi connectivity index (χ4v) is 1.14. The maximum absolute atomic E-state index is 9.97. The van der Waals surface area contributed by atoms with E-state index in [9.17, 15) is 10.1 Å². The van der Waals surface area contributed by atoms with Crippen LogP contribution in [0.2, 0.25) is 0 Å². The molecule has 0 saturated heterocycles. The lowest BCUT2D eigenvalue weighted by molar-refractivity contribution is -0.480. The van der Waals surface area contributed by atoms with Crippen molar-refractivity contribution in [3.8, 4) is 0 Å². The summed E-state index contributed by atoms with van der Waals surface area (Å²) >= 11 is 0. The molecule has 0 aliphatic heterocycles. The van der Waals surface area contributed by atoms with Crippen LogP contribution in [-0.4, -0.2) is 11.5 Å². The predicted octanol–water partition coefficient (Wildman–Crippen LogP) is 3.18. The molecule has 0 aromatic rings. The normalized spacial score (nSPS) is 10.8. The summed E-state index contributed by atoms with van der Waals surface area (Å²) in [6.45, 7) is 2.25. The Morgan fingerprint density at radius 3 is 2.46 bits per heavy atom. The summed E-state index contributed by atoms with van der Waals surface area (Å²) in [5.74, 6) is 0. The Bertz CT molecular complexity index is 155. The largest absolute Gasteiger partial charge is 0.265 e. The molecule has 13 heavy (non-hydrogen) atoms. The van der Waals surface area contributed by atoms with Crippen molar-refractivity contribution in [3.05, 3.63) is 22.3 Å². The van der Waals surface area contributed by atoms with Gasteiger partial charge in [-0.1, -0.05) is 25.5 Å². The second-order valence-corrected chi connectivity index (χ2v) is 3.14. The van der Waals surface area contributed by atoms with Crippen LogP contribution in [-0.2, 0) is 0 Å². The fourth-order valence-electron chi connectivity index (χ4n) is 1.14. The summed E-state index contributed by atoms with van der Waals surface area (Å²) in [4.78, 5) is 9.73. The van der Waals surface area contributed by atoms with Crippen molar-refractivity contribution in [1.82, 2.24) is 0 Å². The van der Waals surface area contributed by atoms with E-state index in [0.29, 0.717) is 0 Å². The zero-order valence-electron chi connectivity index (χ0n) is 8.37. The average molecular weight is 185 g/mol. The number of allylic oxidation sites excluding steroid dienone is 2. The van der Waals surface area contributed by atoms with Crippen molar-refractivity contribution in [2.75, 3.05) is 6.54 Å². The highest BCUT2D eigenvalue weighted by molar-refractivity contribution is 4.79. The Morgan fingerprint density at radius 1 is 1.15 bits per heavy atom. The van der Waals surface area contributed by atoms with Gasteiger partial charge in [-0.3, -0.25) is 10.1 Å². The lowest BCUT2D eigenvalue weighted by Crippen LogP contribution is -1.99. The monoisotopic (exact) mass is 185 g/mol. The molecule has 0 N–H and O–H groups in total. The Kier molecular flexibility index (Phi) is 8.62. The first-order valence-electron chi connectivity index (χ1n) is 5.04. The summed E-state index contributed by atoms with van der Waals surface area (Å²) in [5, 5.41) is 9.97. The minimum Gasteiger partial charge on any atom is -0.265 e. The van der Waals surface area contributed by atoms with Crippen LogP contribution in [0.4, 0.5) is 0 Å². The molecule has 0 aromatic carbocycles. The molecule has 0 aromatic heterocycles. The van der Waals surface area contributed by atoms with Gasteiger partial charge in [-0.15, -0.1) is 0 Å². The molecule has 0 radical (unpaired) electrons. The number of nitro groups is 1. The van der Waals surface area contributed by atoms with Gasteiger partial charge < -0.3 is 0 Å². The Hall–Kier alpha value is -0.860. The molecule has 0 atom stereocenters. The summed E-state index contributed by atoms with van der Waals surface area (Å²) in [6.07, 6.45) is 10.6. The van der Waals surface area contributed by atoms with Crippen LogP contribution in [0.25, 0.3) is 0 Å². The highest BCUT2D eigenvalue weighted by atomic mass is 16.6. The minimum absolute atomic E-state index is 0.130. The molecule has 0 amide bonds. The number of hydrogen-bond donors (Lipinski definition) is 0. The van der Waals surface area contributed by atoms with Crippen LogP contribution in [0.3, 0.4) is 0 Å². The van der Waals surface area contributed by atoms with E-state index in [0.717, 1.165) is 38.5 Å². The second-order valence-electron chi connectivity index (χ2n) is 3.14. The minimum atomic E-state index is -0.239. The van der Waals surface area contributed by atoms with E-state index in [4.69, 9.17) is 0 Å². The average Bonchev–Trinajstić information content (AvgIpc) is 2.09. The predicted molar refractivity (Wildman–Crippen MR) is 54.4 cm³/mol. The summed E-state index contributed by atoms with van der Waals surface area (Å²) in [7, 11) is 0. The van der Waals surface area contributed by atoms with Gasteiger partial charge >= 0.3 is 0 Å². The molecule has 0 aliphatic carbocycles. The first-order valence-corrected chi connectivity index (χ1v) is 5.04. The molecule has 0 heterocycles. The fraction of sp³-hybridized carbons (Fsp3) is 0.800. The zero-order chi connectivity index (χ0) is 9.94. The van der Waals surface area contributed by atoms with Gasteiger partial charge in [0.2, 0.25) is 6.54 Å². The van der Waals surface area contributed by atoms with E-state index in [2.05, 4.69) is 19.1 Å². The van der Waals surface area contributed by atoms with Crippen LogP contribution in [0.1, 0.15) is 45.4 Å². The van der Waals surface area contributed by atoms with Gasteiger partial charge in [0.05, 0.1) is 0 Å². The van der Waals surface area contributed by atoms with E-state index in [1.807, 2.05) is 0 Å². The molecular formula is C10H19NO2. The number of rotatable bonds is 8. The van der Waals surface area contributed by atoms with E-state index < -0.39 is 0 Å². The van der Waals surface area contributed by atoms with Gasteiger partial charge in [0, 0.05) is 11.3 Å². The van der Waals surface area contributed by atoms with Gasteiger partial charge in [0.25, 0.3) is 0 Å². The molecule has 0 unspecified atom stereocenters. The molecule has 0 saturated carbocycles. The standard InChI is InChI=1S/C10H19NO2/c1-2-3-4-5-6-7-8-9-10-11(12)13/h3-4H,2,5-10H2,1H3. The number of unbranched alkanes of at least 4 members (excludes halogenated alkanes) is 4. The van der Waals surface area contributed by atoms with Crippen molar-refractivity contribution in [1.29, 1.82) is 0 Å². The number of hydrogen-bond acceptors (Lipinski definition) is 2. The van der Waals surface area contributed by atoms with Gasteiger partial charge in [0.15, 0.2) is 0 Å². The van der Waals surface area contributed by atoms with E-state index >= 15 is 0 Å². The maximum atomic E-state index is 9.97. The molecule has 0 bridgehead atoms. The topological polar surface area (TPSA) is 43.1 Å². The third-order valence-corrected chi connectivity index (χ3v) is 1.86. The Labute approximate surface area is 80.0 Å². The summed E-state index contributed by atoms with van der Waals surface area (Å²) in [6, 6.07) is 0. The summed E-state index contributed by atoms with van der Waals surface area (Å²) < 4.78 is 0. The van der Waals surface area contributed by atoms with E-state index in [-0.39, 0.29) is 11.5 Å². The van der Waals surface area contributed by atoms with Crippen LogP contribution < -0.4 is 0 Å². The van der Waals surface area contributed by atoms with Crippen molar-refractivity contribution >= 4 is 0 Å². The second kappa shape index (κ2) is 9.23. The maximum Gasteiger partial charge on any atom is 0.203 e. The van der Waals surface area contributed by atoms with Crippen LogP contribution in [0.5, 0.6) is 0 Å². The lowest BCUT2D eigenvalue weighted by atomic mass is 10.1. The Morgan fingerprint density at radius 2 is 1.85 bits per heavy atom. The van der Waals surface area contributed by atoms with Crippen molar-refractivity contribution in [3.63, 3.8) is 0 Å². The van der Waals surface area contributed by atoms with Gasteiger partial charge in [-0.25, -0.2) is 0 Å². The summed E-state index contributed by atoms with van der Waals surface area (Å²) in [5.41, 5.74) is 0. The van der Waals surface area contributed by atoms with Crippen molar-refractivity contribution in [2.45, 2.75) is 45.4 Å². The van der Waals surface area contributed by atoms with E-state index in [1.165, 1.54) is 0 Å². The molecule has 0 rings (SSSR count). The van der Waals surface area contributed by atoms with Crippen LogP contribution in [0, 0.1) is 10.1 Å². The highest BCUT2D eigenvalue weighted by Gasteiger charge is 1.95. The highest BCUT2D eigenvalue weighted by Crippen LogP contribution is 2.03. The van der Waals surface area contributed by atoms with Crippen LogP contribution in [0.15, 0.2) is 12.2 Å². The van der Waals surface area contributed by atoms with Crippen LogP contribution >= 0.6 is 0 Å². The molecule has 3 heteroatoms. The van der Waals surface area contributed by atoms with Crippen molar-refractivity contribution in [2.24, 2.45) is 0 Å². The SMILES string of the molecule is CCC=CCCCCCC[N+](=O)[O-]. The molecule has 0 fully saturated rings. The molecular weight excluding hydrogens is 166 g/mol. The number of nitrogens with zero attached hydrogens (tertiary/aromatic N) is 1. The van der Waals surface area contributed by atoms with Gasteiger partial charge in [-0.05, 0) is 25.7 Å². The third-order valence-electron chi connectivity index (χ3n) is 1.86. The Balaban J connectivity index is 2.99. The molecule has 0 aliphatic rings. The third kappa shape index (κ3) is 11.1. The molecule has 76 valence electrons. The quantitative estimate of drug-likeness (QED) is 0.252. The lowest BCUT2D eigenvalue weighted by Gasteiger charge is -1.95. The van der Waals surface area contributed by atoms with Crippen molar-refractivity contribution < 1.29 is 4.92 Å². The first-order chi connectivity index (χ1) is 6.27. The van der Waals surface area contributed by atoms with Gasteiger partial charge in [-0.2, -0.15) is 0 Å². The molecule has 0 spiro atoms.